The quantitative estimate of drug-likeness (QED) is 0.663. The Morgan fingerprint density at radius 2 is 2.00 bits per heavy atom. The second kappa shape index (κ2) is 8.91. The van der Waals surface area contributed by atoms with Gasteiger partial charge in [-0.05, 0) is 29.7 Å². The van der Waals surface area contributed by atoms with E-state index in [9.17, 15) is 22.8 Å². The van der Waals surface area contributed by atoms with Crippen LogP contribution in [0.4, 0.5) is 23.7 Å². The number of aromatic nitrogens is 2. The van der Waals surface area contributed by atoms with Gasteiger partial charge in [-0.15, -0.1) is 0 Å². The molecule has 2 aromatic heterocycles. The smallest absolute Gasteiger partial charge is 0.433 e. The van der Waals surface area contributed by atoms with Gasteiger partial charge in [0, 0.05) is 19.2 Å². The van der Waals surface area contributed by atoms with Crippen molar-refractivity contribution in [2.75, 3.05) is 25.1 Å². The van der Waals surface area contributed by atoms with Gasteiger partial charge >= 0.3 is 12.2 Å². The lowest BCUT2D eigenvalue weighted by Crippen LogP contribution is -2.41. The van der Waals surface area contributed by atoms with Crippen LogP contribution in [0.15, 0.2) is 36.8 Å². The molecule has 7 nitrogen and oxygen atoms in total. The molecule has 0 N–H and O–H groups in total. The van der Waals surface area contributed by atoms with Crippen molar-refractivity contribution in [3.63, 3.8) is 0 Å². The average molecular weight is 436 g/mol. The van der Waals surface area contributed by atoms with Crippen LogP contribution in [0.2, 0.25) is 0 Å². The van der Waals surface area contributed by atoms with Gasteiger partial charge in [-0.3, -0.25) is 14.7 Å². The van der Waals surface area contributed by atoms with E-state index in [1.165, 1.54) is 29.2 Å². The van der Waals surface area contributed by atoms with Gasteiger partial charge < -0.3 is 9.64 Å². The van der Waals surface area contributed by atoms with Crippen molar-refractivity contribution in [1.29, 1.82) is 0 Å². The SMILES string of the molecule is COc1cncc(CC(=O)CN2C(=O)N(c3ccc(C(F)(F)F)nc3)C[C@@H]2C(C)C)c1. The Bertz CT molecular complexity index is 948. The summed E-state index contributed by atoms with van der Waals surface area (Å²) in [5, 5.41) is 0. The first-order valence-electron chi connectivity index (χ1n) is 9.71. The fourth-order valence-corrected chi connectivity index (χ4v) is 3.49. The third-order valence-electron chi connectivity index (χ3n) is 5.12. The second-order valence-corrected chi connectivity index (χ2v) is 7.68. The first-order chi connectivity index (χ1) is 14.6. The number of hydrogen-bond acceptors (Lipinski definition) is 5. The van der Waals surface area contributed by atoms with Crippen molar-refractivity contribution in [3.05, 3.63) is 48.0 Å². The zero-order valence-electron chi connectivity index (χ0n) is 17.4. The highest BCUT2D eigenvalue weighted by Crippen LogP contribution is 2.31. The van der Waals surface area contributed by atoms with Gasteiger partial charge in [0.25, 0.3) is 0 Å². The molecule has 0 unspecified atom stereocenters. The first-order valence-corrected chi connectivity index (χ1v) is 9.71. The highest BCUT2D eigenvalue weighted by molar-refractivity contribution is 5.97. The van der Waals surface area contributed by atoms with E-state index < -0.39 is 17.9 Å². The van der Waals surface area contributed by atoms with Crippen molar-refractivity contribution in [3.8, 4) is 5.75 Å². The summed E-state index contributed by atoms with van der Waals surface area (Å²) in [6, 6.07) is 3.07. The molecule has 1 fully saturated rings. The highest BCUT2D eigenvalue weighted by atomic mass is 19.4. The summed E-state index contributed by atoms with van der Waals surface area (Å²) in [6.07, 6.45) is -0.345. The van der Waals surface area contributed by atoms with Gasteiger partial charge in [0.05, 0.1) is 37.8 Å². The van der Waals surface area contributed by atoms with Crippen LogP contribution in [0, 0.1) is 5.92 Å². The van der Waals surface area contributed by atoms with Crippen LogP contribution in [0.1, 0.15) is 25.1 Å². The minimum absolute atomic E-state index is 0.0441. The largest absolute Gasteiger partial charge is 0.495 e. The fourth-order valence-electron chi connectivity index (χ4n) is 3.49. The zero-order chi connectivity index (χ0) is 22.8. The molecule has 166 valence electrons. The van der Waals surface area contributed by atoms with Crippen molar-refractivity contribution < 1.29 is 27.5 Å². The lowest BCUT2D eigenvalue weighted by molar-refractivity contribution is -0.141. The summed E-state index contributed by atoms with van der Waals surface area (Å²) in [5.41, 5.74) is -0.0984. The first kappa shape index (κ1) is 22.5. The number of ether oxygens (including phenoxy) is 1. The lowest BCUT2D eigenvalue weighted by atomic mass is 10.0. The number of carbonyl (C=O) groups excluding carboxylic acids is 2. The Balaban J connectivity index is 1.75. The topological polar surface area (TPSA) is 75.6 Å². The highest BCUT2D eigenvalue weighted by Gasteiger charge is 2.41. The molecule has 1 atom stereocenters. The van der Waals surface area contributed by atoms with Crippen molar-refractivity contribution in [2.24, 2.45) is 5.92 Å². The molecule has 2 aromatic rings. The van der Waals surface area contributed by atoms with Gasteiger partial charge in [0.1, 0.15) is 11.4 Å². The maximum absolute atomic E-state index is 13.0. The molecule has 0 aliphatic carbocycles. The van der Waals surface area contributed by atoms with Gasteiger partial charge in [-0.25, -0.2) is 9.78 Å². The lowest BCUT2D eigenvalue weighted by Gasteiger charge is -2.25. The summed E-state index contributed by atoms with van der Waals surface area (Å²) in [7, 11) is 1.50. The van der Waals surface area contributed by atoms with Crippen molar-refractivity contribution >= 4 is 17.5 Å². The molecule has 0 bridgehead atoms. The van der Waals surface area contributed by atoms with Crippen LogP contribution in [-0.4, -0.2) is 52.9 Å². The number of alkyl halides is 3. The molecule has 0 spiro atoms. The van der Waals surface area contributed by atoms with Crippen LogP contribution >= 0.6 is 0 Å². The van der Waals surface area contributed by atoms with E-state index >= 15 is 0 Å². The monoisotopic (exact) mass is 436 g/mol. The van der Waals surface area contributed by atoms with E-state index in [2.05, 4.69) is 9.97 Å². The molecule has 2 amide bonds. The summed E-state index contributed by atoms with van der Waals surface area (Å²) in [5.74, 6) is 0.396. The molecule has 3 heterocycles. The number of hydrogen-bond donors (Lipinski definition) is 0. The minimum atomic E-state index is -4.55. The predicted octanol–water partition coefficient (Wildman–Crippen LogP) is 3.58. The molecule has 0 radical (unpaired) electrons. The van der Waals surface area contributed by atoms with Gasteiger partial charge in [0.2, 0.25) is 0 Å². The van der Waals surface area contributed by atoms with E-state index in [-0.39, 0.29) is 42.9 Å². The number of methoxy groups -OCH3 is 1. The summed E-state index contributed by atoms with van der Waals surface area (Å²) in [4.78, 5) is 36.0. The number of ketones is 1. The van der Waals surface area contributed by atoms with Crippen molar-refractivity contribution in [1.82, 2.24) is 14.9 Å². The van der Waals surface area contributed by atoms with Crippen LogP contribution < -0.4 is 9.64 Å². The Labute approximate surface area is 177 Å². The molecule has 3 rings (SSSR count). The third-order valence-corrected chi connectivity index (χ3v) is 5.12. The molecule has 0 aromatic carbocycles. The number of carbonyl (C=O) groups is 2. The maximum Gasteiger partial charge on any atom is 0.433 e. The van der Waals surface area contributed by atoms with E-state index in [0.29, 0.717) is 11.3 Å². The summed E-state index contributed by atoms with van der Waals surface area (Å²) >= 11 is 0. The zero-order valence-corrected chi connectivity index (χ0v) is 17.4. The Morgan fingerprint density at radius 3 is 2.58 bits per heavy atom. The number of pyridine rings is 2. The number of amides is 2. The molecular weight excluding hydrogens is 413 g/mol. The summed E-state index contributed by atoms with van der Waals surface area (Å²) < 4.78 is 43.4. The summed E-state index contributed by atoms with van der Waals surface area (Å²) in [6.45, 7) is 4.01. The number of rotatable bonds is 7. The van der Waals surface area contributed by atoms with Crippen LogP contribution in [-0.2, 0) is 17.4 Å². The standard InChI is InChI=1S/C21H23F3N4O3/c1-13(2)18-12-27(15-4-5-19(26-9-15)21(22,23)24)20(30)28(18)11-16(29)6-14-7-17(31-3)10-25-8-14/h4-5,7-10,13,18H,6,11-12H2,1-3H3/t18-/m1/s1. The number of urea groups is 1. The Hall–Kier alpha value is -3.17. The molecule has 10 heteroatoms. The third kappa shape index (κ3) is 5.12. The van der Waals surface area contributed by atoms with Crippen LogP contribution in [0.5, 0.6) is 5.75 Å². The van der Waals surface area contributed by atoms with Crippen LogP contribution in [0.25, 0.3) is 0 Å². The molecule has 1 aliphatic rings. The number of halogens is 3. The Kier molecular flexibility index (Phi) is 6.47. The predicted molar refractivity (Wildman–Crippen MR) is 107 cm³/mol. The number of nitrogens with zero attached hydrogens (tertiary/aromatic N) is 4. The average Bonchev–Trinajstić information content (AvgIpc) is 3.04. The normalized spacial score (nSPS) is 16.9. The second-order valence-electron chi connectivity index (χ2n) is 7.68. The maximum atomic E-state index is 13.0. The van der Waals surface area contributed by atoms with E-state index in [0.717, 1.165) is 12.3 Å². The van der Waals surface area contributed by atoms with Gasteiger partial charge in [-0.2, -0.15) is 13.2 Å². The van der Waals surface area contributed by atoms with Crippen LogP contribution in [0.3, 0.4) is 0 Å². The molecule has 1 aliphatic heterocycles. The van der Waals surface area contributed by atoms with Gasteiger partial charge in [-0.1, -0.05) is 13.8 Å². The van der Waals surface area contributed by atoms with Crippen molar-refractivity contribution in [2.45, 2.75) is 32.5 Å². The molecular formula is C21H23F3N4O3. The molecule has 0 saturated carbocycles. The van der Waals surface area contributed by atoms with E-state index in [1.54, 1.807) is 12.3 Å². The number of anilines is 1. The molecule has 31 heavy (non-hydrogen) atoms. The fraction of sp³-hybridized carbons (Fsp3) is 0.429. The molecule has 1 saturated heterocycles. The number of Topliss-reactive ketones (excluding diaryl/α,β-unsaturated/α-hetero) is 1. The van der Waals surface area contributed by atoms with E-state index in [4.69, 9.17) is 4.74 Å². The minimum Gasteiger partial charge on any atom is -0.495 e. The van der Waals surface area contributed by atoms with Gasteiger partial charge in [0.15, 0.2) is 5.78 Å². The van der Waals surface area contributed by atoms with E-state index in [1.807, 2.05) is 13.8 Å². The Morgan fingerprint density at radius 1 is 1.26 bits per heavy atom.